The second-order valence-electron chi connectivity index (χ2n) is 17.0. The predicted octanol–water partition coefficient (Wildman–Crippen LogP) is 18.0. The zero-order valence-corrected chi connectivity index (χ0v) is 35.1. The Labute approximate surface area is 372 Å². The Kier molecular flexibility index (Phi) is 8.32. The molecule has 0 aromatic heterocycles. The maximum Gasteiger partial charge on any atom is -0.00130 e. The molecule has 0 aliphatic heterocycles. The molecule has 296 valence electrons. The molecule has 64 heavy (non-hydrogen) atoms. The lowest BCUT2D eigenvalue weighted by Crippen LogP contribution is -1.98. The van der Waals surface area contributed by atoms with Gasteiger partial charge in [-0.3, -0.25) is 0 Å². The highest BCUT2D eigenvalue weighted by Gasteiger charge is 2.28. The fourth-order valence-electron chi connectivity index (χ4n) is 11.0. The minimum atomic E-state index is 1.20. The minimum Gasteiger partial charge on any atom is -0.0622 e. The van der Waals surface area contributed by atoms with E-state index in [0.29, 0.717) is 0 Å². The highest BCUT2D eigenvalue weighted by Crippen LogP contribution is 2.56. The van der Waals surface area contributed by atoms with E-state index in [1.165, 1.54) is 131 Å². The van der Waals surface area contributed by atoms with Crippen molar-refractivity contribution in [3.05, 3.63) is 243 Å². The molecule has 0 unspecified atom stereocenters. The van der Waals surface area contributed by atoms with Gasteiger partial charge in [-0.2, -0.15) is 0 Å². The summed E-state index contributed by atoms with van der Waals surface area (Å²) in [5.74, 6) is 0. The van der Waals surface area contributed by atoms with E-state index >= 15 is 0 Å². The van der Waals surface area contributed by atoms with Gasteiger partial charge in [0.15, 0.2) is 0 Å². The number of hydrogen-bond donors (Lipinski definition) is 0. The normalized spacial score (nSPS) is 11.8. The van der Waals surface area contributed by atoms with Crippen molar-refractivity contribution in [3.8, 4) is 66.8 Å². The van der Waals surface area contributed by atoms with Crippen LogP contribution < -0.4 is 0 Å². The molecular formula is C64H40. The Morgan fingerprint density at radius 3 is 0.891 bits per heavy atom. The van der Waals surface area contributed by atoms with E-state index in [-0.39, 0.29) is 0 Å². The average molecular weight is 809 g/mol. The molecule has 0 saturated carbocycles. The molecule has 0 heterocycles. The van der Waals surface area contributed by atoms with Crippen molar-refractivity contribution < 1.29 is 0 Å². The Hall–Kier alpha value is -8.32. The highest BCUT2D eigenvalue weighted by atomic mass is 14.3. The molecule has 0 radical (unpaired) electrons. The summed E-state index contributed by atoms with van der Waals surface area (Å²) in [5, 5.41) is 15.2. The fraction of sp³-hybridized carbons (Fsp3) is 0. The molecule has 0 N–H and O–H groups in total. The third-order valence-electron chi connectivity index (χ3n) is 13.6. The van der Waals surface area contributed by atoms with Crippen LogP contribution in [0.2, 0.25) is 0 Å². The van der Waals surface area contributed by atoms with E-state index in [2.05, 4.69) is 243 Å². The van der Waals surface area contributed by atoms with Gasteiger partial charge in [0.1, 0.15) is 0 Å². The predicted molar refractivity (Wildman–Crippen MR) is 275 cm³/mol. The summed E-state index contributed by atoms with van der Waals surface area (Å²) in [6.45, 7) is 0. The van der Waals surface area contributed by atoms with Crippen LogP contribution in [0.5, 0.6) is 0 Å². The maximum atomic E-state index is 2.58. The standard InChI is InChI=1S/C64H40/c1-7-22-41(23-8-1)51-38-53-59(45-30-15-5-16-31-45)60(46-32-17-6-18-33-46)55-40-54-58(44-28-13-4-14-29-44)57(43-26-11-3-12-27-43)50-37-21-36-49-52(42-24-9-2-10-25-42)39-56(63(54)61(49)50)64(55)62(53)48-35-20-19-34-47(48)51/h1-40H. The lowest BCUT2D eigenvalue weighted by molar-refractivity contribution is 1.62. The zero-order chi connectivity index (χ0) is 42.1. The number of fused-ring (bicyclic) bond motifs is 6. The molecule has 0 aliphatic carbocycles. The quantitative estimate of drug-likeness (QED) is 0.116. The van der Waals surface area contributed by atoms with Crippen molar-refractivity contribution in [3.63, 3.8) is 0 Å². The van der Waals surface area contributed by atoms with Gasteiger partial charge >= 0.3 is 0 Å². The lowest BCUT2D eigenvalue weighted by Gasteiger charge is -2.26. The molecule has 0 atom stereocenters. The number of rotatable bonds is 6. The minimum absolute atomic E-state index is 1.20. The summed E-state index contributed by atoms with van der Waals surface area (Å²) in [4.78, 5) is 0. The Balaban J connectivity index is 1.39. The van der Waals surface area contributed by atoms with E-state index in [1.807, 2.05) is 0 Å². The van der Waals surface area contributed by atoms with Gasteiger partial charge in [0.2, 0.25) is 0 Å². The van der Waals surface area contributed by atoms with Crippen LogP contribution in [-0.2, 0) is 0 Å². The van der Waals surface area contributed by atoms with Gasteiger partial charge in [0.05, 0.1) is 0 Å². The summed E-state index contributed by atoms with van der Waals surface area (Å²) in [6, 6.07) is 90.0. The molecular weight excluding hydrogens is 769 g/mol. The first-order valence-corrected chi connectivity index (χ1v) is 22.3. The average Bonchev–Trinajstić information content (AvgIpc) is 3.38. The van der Waals surface area contributed by atoms with Crippen LogP contribution in [0.1, 0.15) is 0 Å². The largest absolute Gasteiger partial charge is 0.0622 e. The van der Waals surface area contributed by atoms with E-state index in [4.69, 9.17) is 0 Å². The fourth-order valence-corrected chi connectivity index (χ4v) is 11.0. The topological polar surface area (TPSA) is 0 Å². The van der Waals surface area contributed by atoms with Crippen LogP contribution in [0.15, 0.2) is 243 Å². The second-order valence-corrected chi connectivity index (χ2v) is 17.0. The van der Waals surface area contributed by atoms with E-state index in [9.17, 15) is 0 Å². The van der Waals surface area contributed by atoms with Crippen molar-refractivity contribution in [1.29, 1.82) is 0 Å². The number of benzene rings is 13. The van der Waals surface area contributed by atoms with E-state index < -0.39 is 0 Å². The van der Waals surface area contributed by atoms with Gasteiger partial charge in [-0.25, -0.2) is 0 Å². The van der Waals surface area contributed by atoms with Gasteiger partial charge in [-0.15, -0.1) is 0 Å². The van der Waals surface area contributed by atoms with Crippen LogP contribution in [0.3, 0.4) is 0 Å². The second kappa shape index (κ2) is 14.7. The van der Waals surface area contributed by atoms with Crippen molar-refractivity contribution >= 4 is 64.6 Å². The maximum absolute atomic E-state index is 2.58. The Morgan fingerprint density at radius 1 is 0.156 bits per heavy atom. The smallest absolute Gasteiger partial charge is 0.00130 e. The van der Waals surface area contributed by atoms with Gasteiger partial charge < -0.3 is 0 Å². The van der Waals surface area contributed by atoms with Crippen LogP contribution in [-0.4, -0.2) is 0 Å². The lowest BCUT2D eigenvalue weighted by atomic mass is 9.76. The summed E-state index contributed by atoms with van der Waals surface area (Å²) in [7, 11) is 0. The van der Waals surface area contributed by atoms with E-state index in [0.717, 1.165) is 0 Å². The van der Waals surface area contributed by atoms with Crippen LogP contribution >= 0.6 is 0 Å². The summed E-state index contributed by atoms with van der Waals surface area (Å²) < 4.78 is 0. The highest BCUT2D eigenvalue weighted by molar-refractivity contribution is 6.43. The summed E-state index contributed by atoms with van der Waals surface area (Å²) in [5.41, 5.74) is 14.7. The summed E-state index contributed by atoms with van der Waals surface area (Å²) in [6.07, 6.45) is 0. The first-order valence-electron chi connectivity index (χ1n) is 22.3. The molecule has 0 fully saturated rings. The van der Waals surface area contributed by atoms with E-state index in [1.54, 1.807) is 0 Å². The van der Waals surface area contributed by atoms with Crippen molar-refractivity contribution in [2.24, 2.45) is 0 Å². The Bertz CT molecular complexity index is 3880. The molecule has 13 rings (SSSR count). The van der Waals surface area contributed by atoms with Gasteiger partial charge in [0.25, 0.3) is 0 Å². The van der Waals surface area contributed by atoms with Crippen LogP contribution in [0.4, 0.5) is 0 Å². The first-order chi connectivity index (χ1) is 31.8. The molecule has 0 spiro atoms. The molecule has 0 nitrogen and oxygen atoms in total. The zero-order valence-electron chi connectivity index (χ0n) is 35.1. The van der Waals surface area contributed by atoms with Crippen molar-refractivity contribution in [1.82, 2.24) is 0 Å². The van der Waals surface area contributed by atoms with Crippen LogP contribution in [0, 0.1) is 0 Å². The molecule has 0 amide bonds. The summed E-state index contributed by atoms with van der Waals surface area (Å²) >= 11 is 0. The molecule has 13 aromatic rings. The van der Waals surface area contributed by atoms with Gasteiger partial charge in [-0.1, -0.05) is 224 Å². The first kappa shape index (κ1) is 36.3. The van der Waals surface area contributed by atoms with Crippen LogP contribution in [0.25, 0.3) is 131 Å². The third kappa shape index (κ3) is 5.49. The van der Waals surface area contributed by atoms with Gasteiger partial charge in [-0.05, 0) is 150 Å². The molecule has 0 aliphatic rings. The van der Waals surface area contributed by atoms with Crippen molar-refractivity contribution in [2.45, 2.75) is 0 Å². The molecule has 0 bridgehead atoms. The van der Waals surface area contributed by atoms with Gasteiger partial charge in [0, 0.05) is 0 Å². The van der Waals surface area contributed by atoms with Crippen molar-refractivity contribution in [2.75, 3.05) is 0 Å². The Morgan fingerprint density at radius 2 is 0.438 bits per heavy atom. The molecule has 0 saturated heterocycles. The molecule has 13 aromatic carbocycles. The SMILES string of the molecule is c1ccc(-c2cc3c(-c4ccccc4)c(-c4ccccc4)c4cc5c(-c6ccccc6)c(-c6ccccc6)c6cccc7c(-c8ccccc8)cc(c5c76)c4c3c3ccccc23)cc1. The third-order valence-corrected chi connectivity index (χ3v) is 13.6. The molecule has 0 heteroatoms. The monoisotopic (exact) mass is 808 g/mol. The number of hydrogen-bond acceptors (Lipinski definition) is 0.